The predicted molar refractivity (Wildman–Crippen MR) is 130 cm³/mol. The highest BCUT2D eigenvalue weighted by Crippen LogP contribution is 2.10. The van der Waals surface area contributed by atoms with Crippen LogP contribution in [0.4, 0.5) is 0 Å². The summed E-state index contributed by atoms with van der Waals surface area (Å²) >= 11 is 0. The quantitative estimate of drug-likeness (QED) is 0.117. The molecule has 0 bridgehead atoms. The summed E-state index contributed by atoms with van der Waals surface area (Å²) in [5, 5.41) is 0. The van der Waals surface area contributed by atoms with E-state index in [4.69, 9.17) is 23.7 Å². The molecule has 0 spiro atoms. The maximum Gasteiger partial charge on any atom is 0.305 e. The zero-order chi connectivity index (χ0) is 23.5. The number of carbonyl (C=O) groups is 1. The SMILES string of the molecule is CCCCCCOCCOCCOCCOCCCC(=O)OCCCCCCCC(C)C. The van der Waals surface area contributed by atoms with Crippen molar-refractivity contribution in [3.05, 3.63) is 0 Å². The number of ether oxygens (including phenoxy) is 5. The van der Waals surface area contributed by atoms with Crippen LogP contribution in [0.2, 0.25) is 0 Å². The summed E-state index contributed by atoms with van der Waals surface area (Å²) in [7, 11) is 0. The average molecular weight is 461 g/mol. The first-order valence-electron chi connectivity index (χ1n) is 13.1. The van der Waals surface area contributed by atoms with Gasteiger partial charge in [0.25, 0.3) is 0 Å². The fraction of sp³-hybridized carbons (Fsp3) is 0.962. The molecule has 0 saturated heterocycles. The molecule has 0 aliphatic carbocycles. The number of esters is 1. The van der Waals surface area contributed by atoms with Crippen molar-refractivity contribution in [2.24, 2.45) is 5.92 Å². The Morgan fingerprint density at radius 3 is 1.62 bits per heavy atom. The van der Waals surface area contributed by atoms with E-state index in [9.17, 15) is 4.79 Å². The summed E-state index contributed by atoms with van der Waals surface area (Å²) in [6, 6.07) is 0. The van der Waals surface area contributed by atoms with Crippen LogP contribution in [0.15, 0.2) is 0 Å². The van der Waals surface area contributed by atoms with Gasteiger partial charge in [-0.15, -0.1) is 0 Å². The number of hydrogen-bond donors (Lipinski definition) is 0. The second kappa shape index (κ2) is 26.6. The molecular weight excluding hydrogens is 408 g/mol. The Morgan fingerprint density at radius 1 is 0.562 bits per heavy atom. The second-order valence-corrected chi connectivity index (χ2v) is 8.78. The van der Waals surface area contributed by atoms with Gasteiger partial charge < -0.3 is 23.7 Å². The number of rotatable bonds is 26. The third-order valence-corrected chi connectivity index (χ3v) is 5.12. The molecule has 0 atom stereocenters. The van der Waals surface area contributed by atoms with Crippen molar-refractivity contribution >= 4 is 5.97 Å². The van der Waals surface area contributed by atoms with Crippen LogP contribution in [0.25, 0.3) is 0 Å². The molecule has 6 heteroatoms. The first-order chi connectivity index (χ1) is 15.7. The van der Waals surface area contributed by atoms with Gasteiger partial charge in [0.1, 0.15) is 0 Å². The van der Waals surface area contributed by atoms with Crippen molar-refractivity contribution < 1.29 is 28.5 Å². The Labute approximate surface area is 198 Å². The minimum absolute atomic E-state index is 0.119. The molecule has 0 rings (SSSR count). The van der Waals surface area contributed by atoms with Crippen LogP contribution in [-0.4, -0.2) is 65.4 Å². The fourth-order valence-electron chi connectivity index (χ4n) is 3.15. The molecule has 0 fully saturated rings. The smallest absolute Gasteiger partial charge is 0.305 e. The Morgan fingerprint density at radius 2 is 1.03 bits per heavy atom. The Bertz CT molecular complexity index is 375. The van der Waals surface area contributed by atoms with Crippen molar-refractivity contribution in [3.8, 4) is 0 Å². The van der Waals surface area contributed by atoms with E-state index in [0.29, 0.717) is 65.7 Å². The number of hydrogen-bond acceptors (Lipinski definition) is 6. The molecule has 0 heterocycles. The van der Waals surface area contributed by atoms with Crippen molar-refractivity contribution in [1.82, 2.24) is 0 Å². The minimum Gasteiger partial charge on any atom is -0.466 e. The summed E-state index contributed by atoms with van der Waals surface area (Å²) < 4.78 is 27.2. The van der Waals surface area contributed by atoms with Gasteiger partial charge >= 0.3 is 5.97 Å². The van der Waals surface area contributed by atoms with E-state index in [2.05, 4.69) is 20.8 Å². The van der Waals surface area contributed by atoms with Crippen molar-refractivity contribution in [2.45, 2.75) is 97.8 Å². The Kier molecular flexibility index (Phi) is 26.0. The summed E-state index contributed by atoms with van der Waals surface area (Å²) in [6.07, 6.45) is 13.3. The van der Waals surface area contributed by atoms with Gasteiger partial charge in [-0.25, -0.2) is 0 Å². The van der Waals surface area contributed by atoms with Gasteiger partial charge in [-0.3, -0.25) is 4.79 Å². The third-order valence-electron chi connectivity index (χ3n) is 5.12. The number of carbonyl (C=O) groups excluding carboxylic acids is 1. The standard InChI is InChI=1S/C26H52O6/c1-4-5-6-11-16-28-19-21-30-23-24-31-22-20-29-17-13-15-26(27)32-18-12-9-7-8-10-14-25(2)3/h25H,4-24H2,1-3H3. The fourth-order valence-corrected chi connectivity index (χ4v) is 3.15. The molecule has 0 aromatic rings. The van der Waals surface area contributed by atoms with E-state index >= 15 is 0 Å². The molecule has 32 heavy (non-hydrogen) atoms. The molecule has 0 unspecified atom stereocenters. The largest absolute Gasteiger partial charge is 0.466 e. The average Bonchev–Trinajstić information content (AvgIpc) is 2.77. The Hall–Kier alpha value is -0.690. The highest BCUT2D eigenvalue weighted by atomic mass is 16.6. The molecule has 0 aromatic heterocycles. The second-order valence-electron chi connectivity index (χ2n) is 8.78. The summed E-state index contributed by atoms with van der Waals surface area (Å²) in [6.45, 7) is 12.1. The zero-order valence-electron chi connectivity index (χ0n) is 21.4. The minimum atomic E-state index is -0.119. The van der Waals surface area contributed by atoms with Gasteiger partial charge in [-0.2, -0.15) is 0 Å². The topological polar surface area (TPSA) is 63.2 Å². The molecule has 0 aromatic carbocycles. The molecule has 192 valence electrons. The normalized spacial score (nSPS) is 11.4. The molecular formula is C26H52O6. The molecule has 0 aliphatic heterocycles. The van der Waals surface area contributed by atoms with Crippen molar-refractivity contribution in [1.29, 1.82) is 0 Å². The molecule has 0 aliphatic rings. The van der Waals surface area contributed by atoms with E-state index in [1.807, 2.05) is 0 Å². The predicted octanol–water partition coefficient (Wildman–Crippen LogP) is 5.95. The van der Waals surface area contributed by atoms with Crippen LogP contribution in [0.1, 0.15) is 97.8 Å². The van der Waals surface area contributed by atoms with Crippen LogP contribution < -0.4 is 0 Å². The zero-order valence-corrected chi connectivity index (χ0v) is 21.4. The van der Waals surface area contributed by atoms with Gasteiger partial charge in [0.05, 0.1) is 46.2 Å². The van der Waals surface area contributed by atoms with Crippen LogP contribution in [0.5, 0.6) is 0 Å². The maximum atomic E-state index is 11.7. The first kappa shape index (κ1) is 31.3. The molecule has 0 amide bonds. The molecule has 0 radical (unpaired) electrons. The third kappa shape index (κ3) is 27.3. The van der Waals surface area contributed by atoms with Gasteiger partial charge in [-0.05, 0) is 25.2 Å². The van der Waals surface area contributed by atoms with Gasteiger partial charge in [-0.1, -0.05) is 72.1 Å². The van der Waals surface area contributed by atoms with E-state index in [0.717, 1.165) is 31.8 Å². The lowest BCUT2D eigenvalue weighted by Crippen LogP contribution is -2.12. The van der Waals surface area contributed by atoms with Crippen molar-refractivity contribution in [3.63, 3.8) is 0 Å². The lowest BCUT2D eigenvalue weighted by atomic mass is 10.0. The molecule has 6 nitrogen and oxygen atoms in total. The lowest BCUT2D eigenvalue weighted by Gasteiger charge is -2.08. The van der Waals surface area contributed by atoms with E-state index in [1.165, 1.54) is 44.9 Å². The molecule has 0 N–H and O–H groups in total. The van der Waals surface area contributed by atoms with Crippen molar-refractivity contribution in [2.75, 3.05) is 59.5 Å². The van der Waals surface area contributed by atoms with Gasteiger partial charge in [0, 0.05) is 19.6 Å². The van der Waals surface area contributed by atoms with E-state index < -0.39 is 0 Å². The first-order valence-corrected chi connectivity index (χ1v) is 13.1. The van der Waals surface area contributed by atoms with Crippen LogP contribution in [0.3, 0.4) is 0 Å². The van der Waals surface area contributed by atoms with Gasteiger partial charge in [0.2, 0.25) is 0 Å². The van der Waals surface area contributed by atoms with Crippen LogP contribution in [0, 0.1) is 5.92 Å². The van der Waals surface area contributed by atoms with E-state index in [1.54, 1.807) is 0 Å². The van der Waals surface area contributed by atoms with E-state index in [-0.39, 0.29) is 5.97 Å². The highest BCUT2D eigenvalue weighted by molar-refractivity contribution is 5.69. The maximum absolute atomic E-state index is 11.7. The van der Waals surface area contributed by atoms with Gasteiger partial charge in [0.15, 0.2) is 0 Å². The lowest BCUT2D eigenvalue weighted by molar-refractivity contribution is -0.144. The summed E-state index contributed by atoms with van der Waals surface area (Å²) in [5.41, 5.74) is 0. The summed E-state index contributed by atoms with van der Waals surface area (Å²) in [5.74, 6) is 0.680. The van der Waals surface area contributed by atoms with Crippen LogP contribution in [-0.2, 0) is 28.5 Å². The van der Waals surface area contributed by atoms with Crippen LogP contribution >= 0.6 is 0 Å². The molecule has 0 saturated carbocycles. The highest BCUT2D eigenvalue weighted by Gasteiger charge is 2.03. The number of unbranched alkanes of at least 4 members (excludes halogenated alkanes) is 7. The monoisotopic (exact) mass is 460 g/mol. The Balaban J connectivity index is 3.14. The summed E-state index contributed by atoms with van der Waals surface area (Å²) in [4.78, 5) is 11.7.